The number of ether oxygens (including phenoxy) is 1. The summed E-state index contributed by atoms with van der Waals surface area (Å²) in [6.07, 6.45) is 0. The van der Waals surface area contributed by atoms with Gasteiger partial charge in [0.25, 0.3) is 5.91 Å². The van der Waals surface area contributed by atoms with E-state index in [0.29, 0.717) is 29.5 Å². The van der Waals surface area contributed by atoms with Gasteiger partial charge in [-0.25, -0.2) is 9.97 Å². The van der Waals surface area contributed by atoms with Crippen molar-refractivity contribution >= 4 is 28.9 Å². The molecule has 0 saturated heterocycles. The summed E-state index contributed by atoms with van der Waals surface area (Å²) >= 11 is 0. The zero-order valence-electron chi connectivity index (χ0n) is 16.5. The topological polar surface area (TPSA) is 93.2 Å². The van der Waals surface area contributed by atoms with Crippen molar-refractivity contribution in [1.82, 2.24) is 9.97 Å². The van der Waals surface area contributed by atoms with E-state index in [1.807, 2.05) is 6.92 Å². The van der Waals surface area contributed by atoms with Crippen molar-refractivity contribution in [3.63, 3.8) is 0 Å². The Hall–Kier alpha value is -3.74. The Labute approximate surface area is 169 Å². The Bertz CT molecular complexity index is 1020. The number of carbonyl (C=O) groups is 2. The van der Waals surface area contributed by atoms with Gasteiger partial charge in [-0.2, -0.15) is 0 Å². The number of nitrogens with one attached hydrogen (secondary N) is 2. The molecule has 0 radical (unpaired) electrons. The molecule has 1 aromatic heterocycles. The number of nitrogens with zero attached hydrogens (tertiary/aromatic N) is 2. The lowest BCUT2D eigenvalue weighted by molar-refractivity contribution is 0.101. The van der Waals surface area contributed by atoms with Crippen LogP contribution in [0.2, 0.25) is 0 Å². The van der Waals surface area contributed by atoms with E-state index in [-0.39, 0.29) is 17.4 Å². The minimum absolute atomic E-state index is 0.00248. The molecule has 0 unspecified atom stereocenters. The first-order chi connectivity index (χ1) is 13.9. The molecule has 7 heteroatoms. The van der Waals surface area contributed by atoms with E-state index < -0.39 is 0 Å². The molecule has 1 heterocycles. The number of aryl methyl sites for hydroxylation is 1. The highest BCUT2D eigenvalue weighted by Crippen LogP contribution is 2.19. The lowest BCUT2D eigenvalue weighted by Gasteiger charge is -2.10. The molecular weight excluding hydrogens is 368 g/mol. The number of ketones is 1. The van der Waals surface area contributed by atoms with Gasteiger partial charge in [-0.3, -0.25) is 9.59 Å². The van der Waals surface area contributed by atoms with Crippen molar-refractivity contribution in [2.45, 2.75) is 20.8 Å². The fourth-order valence-corrected chi connectivity index (χ4v) is 2.68. The molecule has 3 aromatic rings. The van der Waals surface area contributed by atoms with Crippen LogP contribution in [0.25, 0.3) is 0 Å². The van der Waals surface area contributed by atoms with Gasteiger partial charge in [0.1, 0.15) is 23.1 Å². The van der Waals surface area contributed by atoms with Crippen molar-refractivity contribution < 1.29 is 14.3 Å². The van der Waals surface area contributed by atoms with E-state index in [9.17, 15) is 9.59 Å². The van der Waals surface area contributed by atoms with E-state index in [2.05, 4.69) is 20.6 Å². The smallest absolute Gasteiger partial charge is 0.274 e. The molecule has 2 aromatic carbocycles. The van der Waals surface area contributed by atoms with Crippen LogP contribution in [0.15, 0.2) is 54.6 Å². The SMILES string of the molecule is CCOc1ccc(NC(=O)c2cc(Nc3ccc(C(C)=O)cc3)nc(C)n2)cc1. The second-order valence-corrected chi connectivity index (χ2v) is 6.36. The largest absolute Gasteiger partial charge is 0.494 e. The Balaban J connectivity index is 1.73. The highest BCUT2D eigenvalue weighted by atomic mass is 16.5. The predicted molar refractivity (Wildman–Crippen MR) is 112 cm³/mol. The van der Waals surface area contributed by atoms with Crippen LogP contribution in [0.1, 0.15) is 40.5 Å². The van der Waals surface area contributed by atoms with Crippen LogP contribution in [0.3, 0.4) is 0 Å². The van der Waals surface area contributed by atoms with Crippen molar-refractivity contribution in [1.29, 1.82) is 0 Å². The van der Waals surface area contributed by atoms with Crippen LogP contribution in [0.5, 0.6) is 5.75 Å². The maximum absolute atomic E-state index is 12.6. The third-order valence-corrected chi connectivity index (χ3v) is 4.06. The average Bonchev–Trinajstić information content (AvgIpc) is 2.69. The third-order valence-electron chi connectivity index (χ3n) is 4.06. The minimum Gasteiger partial charge on any atom is -0.494 e. The van der Waals surface area contributed by atoms with Gasteiger partial charge >= 0.3 is 0 Å². The Morgan fingerprint density at radius 3 is 2.24 bits per heavy atom. The monoisotopic (exact) mass is 390 g/mol. The maximum atomic E-state index is 12.6. The zero-order valence-corrected chi connectivity index (χ0v) is 16.5. The summed E-state index contributed by atoms with van der Waals surface area (Å²) < 4.78 is 5.40. The van der Waals surface area contributed by atoms with E-state index in [0.717, 1.165) is 11.4 Å². The molecule has 0 atom stereocenters. The first-order valence-corrected chi connectivity index (χ1v) is 9.22. The summed E-state index contributed by atoms with van der Waals surface area (Å²) in [4.78, 5) is 32.5. The first kappa shape index (κ1) is 20.0. The number of aromatic nitrogens is 2. The molecule has 3 rings (SSSR count). The van der Waals surface area contributed by atoms with Gasteiger partial charge < -0.3 is 15.4 Å². The molecular formula is C22H22N4O3. The first-order valence-electron chi connectivity index (χ1n) is 9.22. The molecule has 1 amide bonds. The number of Topliss-reactive ketones (excluding diaryl/α,β-unsaturated/α-hetero) is 1. The number of hydrogen-bond donors (Lipinski definition) is 2. The Morgan fingerprint density at radius 1 is 0.966 bits per heavy atom. The van der Waals surface area contributed by atoms with Gasteiger partial charge in [0, 0.05) is 23.0 Å². The molecule has 29 heavy (non-hydrogen) atoms. The van der Waals surface area contributed by atoms with E-state index in [1.165, 1.54) is 6.92 Å². The minimum atomic E-state index is -0.338. The number of anilines is 3. The number of rotatable bonds is 7. The molecule has 0 aliphatic carbocycles. The van der Waals surface area contributed by atoms with Gasteiger partial charge in [-0.05, 0) is 69.3 Å². The highest BCUT2D eigenvalue weighted by Gasteiger charge is 2.11. The van der Waals surface area contributed by atoms with Crippen LogP contribution in [-0.2, 0) is 0 Å². The summed E-state index contributed by atoms with van der Waals surface area (Å²) in [6, 6.07) is 15.7. The lowest BCUT2D eigenvalue weighted by Crippen LogP contribution is -2.15. The fourth-order valence-electron chi connectivity index (χ4n) is 2.68. The normalized spacial score (nSPS) is 10.3. The third kappa shape index (κ3) is 5.38. The van der Waals surface area contributed by atoms with Crippen LogP contribution in [0.4, 0.5) is 17.2 Å². The number of carbonyl (C=O) groups excluding carboxylic acids is 2. The molecule has 0 fully saturated rings. The summed E-state index contributed by atoms with van der Waals surface area (Å²) in [5, 5.41) is 5.95. The number of benzene rings is 2. The van der Waals surface area contributed by atoms with E-state index >= 15 is 0 Å². The zero-order chi connectivity index (χ0) is 20.8. The van der Waals surface area contributed by atoms with Gasteiger partial charge in [0.2, 0.25) is 0 Å². The summed E-state index contributed by atoms with van der Waals surface area (Å²) in [6.45, 7) is 5.73. The molecule has 2 N–H and O–H groups in total. The molecule has 148 valence electrons. The van der Waals surface area contributed by atoms with E-state index in [4.69, 9.17) is 4.74 Å². The second kappa shape index (κ2) is 8.97. The highest BCUT2D eigenvalue weighted by molar-refractivity contribution is 6.03. The van der Waals surface area contributed by atoms with Crippen molar-refractivity contribution in [2.24, 2.45) is 0 Å². The van der Waals surface area contributed by atoms with Crippen LogP contribution in [0, 0.1) is 6.92 Å². The van der Waals surface area contributed by atoms with Crippen LogP contribution in [-0.4, -0.2) is 28.3 Å². The van der Waals surface area contributed by atoms with Crippen LogP contribution < -0.4 is 15.4 Å². The predicted octanol–water partition coefficient (Wildman–Crippen LogP) is 4.38. The molecule has 0 aliphatic rings. The summed E-state index contributed by atoms with van der Waals surface area (Å²) in [5.74, 6) is 1.36. The van der Waals surface area contributed by atoms with Gasteiger partial charge in [0.05, 0.1) is 6.61 Å². The Morgan fingerprint density at radius 2 is 1.62 bits per heavy atom. The van der Waals surface area contributed by atoms with Gasteiger partial charge in [0.15, 0.2) is 5.78 Å². The number of amides is 1. The molecule has 0 saturated carbocycles. The Kier molecular flexibility index (Phi) is 6.19. The number of hydrogen-bond acceptors (Lipinski definition) is 6. The van der Waals surface area contributed by atoms with Gasteiger partial charge in [-0.15, -0.1) is 0 Å². The van der Waals surface area contributed by atoms with Gasteiger partial charge in [-0.1, -0.05) is 0 Å². The van der Waals surface area contributed by atoms with Crippen molar-refractivity contribution in [3.8, 4) is 5.75 Å². The van der Waals surface area contributed by atoms with Crippen LogP contribution >= 0.6 is 0 Å². The van der Waals surface area contributed by atoms with E-state index in [1.54, 1.807) is 61.5 Å². The fraction of sp³-hybridized carbons (Fsp3) is 0.182. The van der Waals surface area contributed by atoms with Crippen molar-refractivity contribution in [2.75, 3.05) is 17.2 Å². The quantitative estimate of drug-likeness (QED) is 0.582. The maximum Gasteiger partial charge on any atom is 0.274 e. The standard InChI is InChI=1S/C22H22N4O3/c1-4-29-19-11-9-18(10-12-19)26-22(28)20-13-21(24-15(3)23-20)25-17-7-5-16(6-8-17)14(2)27/h5-13H,4H2,1-3H3,(H,26,28)(H,23,24,25). The summed E-state index contributed by atoms with van der Waals surface area (Å²) in [5.41, 5.74) is 2.27. The van der Waals surface area contributed by atoms with Crippen molar-refractivity contribution in [3.05, 3.63) is 71.7 Å². The second-order valence-electron chi connectivity index (χ2n) is 6.36. The average molecular weight is 390 g/mol. The lowest BCUT2D eigenvalue weighted by atomic mass is 10.1. The molecule has 7 nitrogen and oxygen atoms in total. The molecule has 0 spiro atoms. The summed E-state index contributed by atoms with van der Waals surface area (Å²) in [7, 11) is 0. The molecule has 0 bridgehead atoms. The molecule has 0 aliphatic heterocycles.